The number of sulfonamides is 1. The molecule has 0 saturated carbocycles. The highest BCUT2D eigenvalue weighted by molar-refractivity contribution is 7.89. The van der Waals surface area contributed by atoms with Crippen molar-refractivity contribution in [3.63, 3.8) is 0 Å². The van der Waals surface area contributed by atoms with Crippen LogP contribution in [0.4, 0.5) is 0 Å². The Morgan fingerprint density at radius 3 is 2.29 bits per heavy atom. The van der Waals surface area contributed by atoms with Gasteiger partial charge in [0.05, 0.1) is 17.1 Å². The third kappa shape index (κ3) is 3.81. The van der Waals surface area contributed by atoms with E-state index in [1.807, 2.05) is 0 Å². The lowest BCUT2D eigenvalue weighted by Gasteiger charge is -2.15. The highest BCUT2D eigenvalue weighted by Gasteiger charge is 2.37. The van der Waals surface area contributed by atoms with Gasteiger partial charge in [0.2, 0.25) is 10.0 Å². The van der Waals surface area contributed by atoms with E-state index in [2.05, 4.69) is 12.2 Å². The Labute approximate surface area is 125 Å². The first-order valence-corrected chi connectivity index (χ1v) is 8.55. The molecule has 2 rings (SSSR count). The van der Waals surface area contributed by atoms with Crippen molar-refractivity contribution in [3.05, 3.63) is 29.8 Å². The smallest absolute Gasteiger partial charge is 0.243 e. The third-order valence-corrected chi connectivity index (χ3v) is 5.39. The van der Waals surface area contributed by atoms with Crippen molar-refractivity contribution in [1.82, 2.24) is 9.62 Å². The van der Waals surface area contributed by atoms with Crippen LogP contribution < -0.4 is 5.32 Å². The summed E-state index contributed by atoms with van der Waals surface area (Å²) >= 11 is 0. The molecule has 0 radical (unpaired) electrons. The number of rotatable bonds is 6. The second-order valence-corrected chi connectivity index (χ2v) is 7.22. The van der Waals surface area contributed by atoms with Gasteiger partial charge >= 0.3 is 0 Å². The normalized spacial score (nSPS) is 23.6. The molecule has 2 atom stereocenters. The summed E-state index contributed by atoms with van der Waals surface area (Å²) in [6.07, 6.45) is -0.985. The average Bonchev–Trinajstić information content (AvgIpc) is 2.80. The zero-order valence-corrected chi connectivity index (χ0v) is 12.9. The second kappa shape index (κ2) is 6.85. The molecule has 21 heavy (non-hydrogen) atoms. The van der Waals surface area contributed by atoms with Crippen molar-refractivity contribution in [2.45, 2.75) is 37.0 Å². The molecule has 1 aliphatic rings. The van der Waals surface area contributed by atoms with Crippen LogP contribution in [0.15, 0.2) is 29.2 Å². The summed E-state index contributed by atoms with van der Waals surface area (Å²) in [6, 6.07) is 6.68. The van der Waals surface area contributed by atoms with Crippen LogP contribution in [0.1, 0.15) is 18.9 Å². The summed E-state index contributed by atoms with van der Waals surface area (Å²) in [7, 11) is -3.65. The fraction of sp³-hybridized carbons (Fsp3) is 0.571. The van der Waals surface area contributed by atoms with Crippen LogP contribution in [0.3, 0.4) is 0 Å². The SMILES string of the molecule is CCCNCc1ccc(S(=O)(=O)N2CC(O)C(O)C2)cc1. The van der Waals surface area contributed by atoms with E-state index in [9.17, 15) is 18.6 Å². The first-order valence-electron chi connectivity index (χ1n) is 7.11. The minimum absolute atomic E-state index is 0.0662. The maximum atomic E-state index is 12.4. The molecule has 0 bridgehead atoms. The number of nitrogens with one attached hydrogen (secondary N) is 1. The summed E-state index contributed by atoms with van der Waals surface area (Å²) in [6.45, 7) is 3.58. The highest BCUT2D eigenvalue weighted by atomic mass is 32.2. The van der Waals surface area contributed by atoms with Gasteiger partial charge < -0.3 is 15.5 Å². The molecule has 1 aromatic carbocycles. The van der Waals surface area contributed by atoms with E-state index in [-0.39, 0.29) is 18.0 Å². The van der Waals surface area contributed by atoms with E-state index in [0.717, 1.165) is 22.8 Å². The van der Waals surface area contributed by atoms with Gasteiger partial charge in [0.1, 0.15) is 0 Å². The monoisotopic (exact) mass is 314 g/mol. The third-order valence-electron chi connectivity index (χ3n) is 3.54. The summed E-state index contributed by atoms with van der Waals surface area (Å²) in [5.41, 5.74) is 1.02. The Kier molecular flexibility index (Phi) is 5.34. The van der Waals surface area contributed by atoms with E-state index >= 15 is 0 Å². The molecule has 3 N–H and O–H groups in total. The maximum Gasteiger partial charge on any atom is 0.243 e. The van der Waals surface area contributed by atoms with Crippen LogP contribution in [-0.4, -0.2) is 54.8 Å². The zero-order valence-electron chi connectivity index (χ0n) is 12.1. The van der Waals surface area contributed by atoms with Gasteiger partial charge in [-0.1, -0.05) is 19.1 Å². The van der Waals surface area contributed by atoms with Crippen LogP contribution in [0, 0.1) is 0 Å². The largest absolute Gasteiger partial charge is 0.389 e. The van der Waals surface area contributed by atoms with E-state index in [0.29, 0.717) is 6.54 Å². The number of aliphatic hydroxyl groups excluding tert-OH is 2. The Balaban J connectivity index is 2.07. The molecule has 1 heterocycles. The quantitative estimate of drug-likeness (QED) is 0.639. The molecule has 0 spiro atoms. The van der Waals surface area contributed by atoms with Crippen LogP contribution in [0.25, 0.3) is 0 Å². The van der Waals surface area contributed by atoms with Crippen LogP contribution in [0.2, 0.25) is 0 Å². The van der Waals surface area contributed by atoms with Crippen molar-refractivity contribution >= 4 is 10.0 Å². The first kappa shape index (κ1) is 16.4. The molecular weight excluding hydrogens is 292 g/mol. The molecule has 1 saturated heterocycles. The van der Waals surface area contributed by atoms with Crippen molar-refractivity contribution in [3.8, 4) is 0 Å². The minimum Gasteiger partial charge on any atom is -0.389 e. The number of hydrogen-bond donors (Lipinski definition) is 3. The number of nitrogens with zero attached hydrogens (tertiary/aromatic N) is 1. The van der Waals surface area contributed by atoms with Gasteiger partial charge in [0.15, 0.2) is 0 Å². The topological polar surface area (TPSA) is 89.9 Å². The van der Waals surface area contributed by atoms with E-state index < -0.39 is 22.2 Å². The summed E-state index contributed by atoms with van der Waals surface area (Å²) < 4.78 is 25.9. The predicted octanol–water partition coefficient (Wildman–Crippen LogP) is -0.0877. The minimum atomic E-state index is -3.65. The Hall–Kier alpha value is -0.990. The molecular formula is C14H22N2O4S. The predicted molar refractivity (Wildman–Crippen MR) is 79.2 cm³/mol. The van der Waals surface area contributed by atoms with Gasteiger partial charge in [-0.3, -0.25) is 0 Å². The average molecular weight is 314 g/mol. The maximum absolute atomic E-state index is 12.4. The number of hydrogen-bond acceptors (Lipinski definition) is 5. The standard InChI is InChI=1S/C14H22N2O4S/c1-2-7-15-8-11-3-5-12(6-4-11)21(19,20)16-9-13(17)14(18)10-16/h3-6,13-15,17-18H,2,7-10H2,1H3. The van der Waals surface area contributed by atoms with Crippen LogP contribution >= 0.6 is 0 Å². The molecule has 118 valence electrons. The number of β-amino-alcohol motifs (C(OH)–C–C–N with tert-alkyl or cyclic N) is 2. The van der Waals surface area contributed by atoms with Crippen molar-refractivity contribution in [2.24, 2.45) is 0 Å². The highest BCUT2D eigenvalue weighted by Crippen LogP contribution is 2.21. The molecule has 0 amide bonds. The van der Waals surface area contributed by atoms with E-state index in [4.69, 9.17) is 0 Å². The second-order valence-electron chi connectivity index (χ2n) is 5.28. The fourth-order valence-electron chi connectivity index (χ4n) is 2.27. The molecule has 7 heteroatoms. The van der Waals surface area contributed by atoms with Gasteiger partial charge in [-0.05, 0) is 30.7 Å². The number of aliphatic hydroxyl groups is 2. The Morgan fingerprint density at radius 2 is 1.76 bits per heavy atom. The molecule has 6 nitrogen and oxygen atoms in total. The lowest BCUT2D eigenvalue weighted by atomic mass is 10.2. The van der Waals surface area contributed by atoms with Gasteiger partial charge in [-0.25, -0.2) is 8.42 Å². The number of benzene rings is 1. The molecule has 0 aliphatic carbocycles. The first-order chi connectivity index (χ1) is 9.95. The van der Waals surface area contributed by atoms with Crippen molar-refractivity contribution < 1.29 is 18.6 Å². The van der Waals surface area contributed by atoms with Crippen molar-refractivity contribution in [1.29, 1.82) is 0 Å². The van der Waals surface area contributed by atoms with Crippen molar-refractivity contribution in [2.75, 3.05) is 19.6 Å². The summed E-state index contributed by atoms with van der Waals surface area (Å²) in [5, 5.41) is 22.2. The Bertz CT molecular complexity index is 549. The van der Waals surface area contributed by atoms with Gasteiger partial charge in [0, 0.05) is 19.6 Å². The molecule has 1 aliphatic heterocycles. The van der Waals surface area contributed by atoms with E-state index in [1.54, 1.807) is 24.3 Å². The summed E-state index contributed by atoms with van der Waals surface area (Å²) in [5.74, 6) is 0. The van der Waals surface area contributed by atoms with Crippen LogP contribution in [-0.2, 0) is 16.6 Å². The summed E-state index contributed by atoms with van der Waals surface area (Å²) in [4.78, 5) is 0.183. The molecule has 0 aromatic heterocycles. The zero-order chi connectivity index (χ0) is 15.5. The van der Waals surface area contributed by atoms with Gasteiger partial charge in [0.25, 0.3) is 0 Å². The van der Waals surface area contributed by atoms with Crippen LogP contribution in [0.5, 0.6) is 0 Å². The molecule has 1 aromatic rings. The molecule has 1 fully saturated rings. The van der Waals surface area contributed by atoms with Gasteiger partial charge in [-0.2, -0.15) is 4.31 Å². The molecule has 2 unspecified atom stereocenters. The van der Waals surface area contributed by atoms with E-state index in [1.165, 1.54) is 0 Å². The lowest BCUT2D eigenvalue weighted by Crippen LogP contribution is -2.30. The Morgan fingerprint density at radius 1 is 1.19 bits per heavy atom. The fourth-order valence-corrected chi connectivity index (χ4v) is 3.75. The lowest BCUT2D eigenvalue weighted by molar-refractivity contribution is 0.0572. The van der Waals surface area contributed by atoms with Gasteiger partial charge in [-0.15, -0.1) is 0 Å².